The van der Waals surface area contributed by atoms with E-state index >= 15 is 0 Å². The van der Waals surface area contributed by atoms with Gasteiger partial charge in [0.1, 0.15) is 5.01 Å². The van der Waals surface area contributed by atoms with Gasteiger partial charge in [0.2, 0.25) is 5.91 Å². The molecule has 1 amide bonds. The number of unbranched alkanes of at least 4 members (excludes halogenated alkanes) is 1. The Kier molecular flexibility index (Phi) is 6.81. The first-order valence-electron chi connectivity index (χ1n) is 6.17. The molecule has 1 rings (SSSR count). The van der Waals surface area contributed by atoms with Crippen LogP contribution in [-0.4, -0.2) is 24.0 Å². The van der Waals surface area contributed by atoms with Crippen molar-refractivity contribution in [3.05, 3.63) is 16.6 Å². The number of carbonyl (C=O) groups is 1. The molecular formula is C12H21N3OS. The van der Waals surface area contributed by atoms with Gasteiger partial charge < -0.3 is 5.32 Å². The third kappa shape index (κ3) is 5.28. The summed E-state index contributed by atoms with van der Waals surface area (Å²) in [6.45, 7) is 5.33. The van der Waals surface area contributed by atoms with Crippen molar-refractivity contribution in [1.29, 1.82) is 0 Å². The van der Waals surface area contributed by atoms with E-state index in [1.54, 1.807) is 17.5 Å². The topological polar surface area (TPSA) is 54.0 Å². The number of aromatic nitrogens is 1. The Hall–Kier alpha value is -0.940. The predicted octanol–water partition coefficient (Wildman–Crippen LogP) is 2.10. The molecule has 1 aromatic heterocycles. The van der Waals surface area contributed by atoms with Gasteiger partial charge >= 0.3 is 0 Å². The molecule has 1 heterocycles. The molecule has 1 unspecified atom stereocenters. The van der Waals surface area contributed by atoms with E-state index in [9.17, 15) is 4.79 Å². The van der Waals surface area contributed by atoms with Crippen molar-refractivity contribution in [2.24, 2.45) is 0 Å². The average Bonchev–Trinajstić information content (AvgIpc) is 2.84. The van der Waals surface area contributed by atoms with Gasteiger partial charge in [0, 0.05) is 18.1 Å². The maximum Gasteiger partial charge on any atom is 0.233 e. The first-order valence-corrected chi connectivity index (χ1v) is 7.05. The molecule has 0 aliphatic carbocycles. The van der Waals surface area contributed by atoms with Crippen LogP contribution in [0.2, 0.25) is 0 Å². The molecule has 0 radical (unpaired) electrons. The number of thiazole rings is 1. The minimum Gasteiger partial charge on any atom is -0.355 e. The summed E-state index contributed by atoms with van der Waals surface area (Å²) in [6.07, 6.45) is 4.88. The van der Waals surface area contributed by atoms with Gasteiger partial charge in [-0.25, -0.2) is 4.98 Å². The monoisotopic (exact) mass is 255 g/mol. The van der Waals surface area contributed by atoms with Crippen LogP contribution in [0.3, 0.4) is 0 Å². The van der Waals surface area contributed by atoms with E-state index in [0.29, 0.717) is 6.54 Å². The van der Waals surface area contributed by atoms with Crippen molar-refractivity contribution < 1.29 is 4.79 Å². The van der Waals surface area contributed by atoms with Crippen LogP contribution >= 0.6 is 11.3 Å². The Bertz CT molecular complexity index is 314. The third-order valence-electron chi connectivity index (χ3n) is 2.52. The number of nitrogens with one attached hydrogen (secondary N) is 2. The second-order valence-corrected chi connectivity index (χ2v) is 4.84. The summed E-state index contributed by atoms with van der Waals surface area (Å²) in [5.74, 6) is 0.0634. The average molecular weight is 255 g/mol. The molecule has 2 N–H and O–H groups in total. The molecule has 0 spiro atoms. The highest BCUT2D eigenvalue weighted by Crippen LogP contribution is 2.18. The summed E-state index contributed by atoms with van der Waals surface area (Å²) in [4.78, 5) is 15.8. The maximum absolute atomic E-state index is 11.5. The summed E-state index contributed by atoms with van der Waals surface area (Å²) in [7, 11) is 0. The van der Waals surface area contributed by atoms with Gasteiger partial charge in [0.15, 0.2) is 0 Å². The van der Waals surface area contributed by atoms with Crippen LogP contribution in [0.4, 0.5) is 0 Å². The fourth-order valence-electron chi connectivity index (χ4n) is 1.50. The number of hydrogen-bond donors (Lipinski definition) is 2. The SMILES string of the molecule is CCCCNC(=O)CNC(CC)c1nccs1. The molecule has 17 heavy (non-hydrogen) atoms. The van der Waals surface area contributed by atoms with E-state index in [1.807, 2.05) is 5.38 Å². The van der Waals surface area contributed by atoms with Crippen LogP contribution < -0.4 is 10.6 Å². The Morgan fingerprint density at radius 1 is 1.53 bits per heavy atom. The largest absolute Gasteiger partial charge is 0.355 e. The van der Waals surface area contributed by atoms with Gasteiger partial charge in [0.25, 0.3) is 0 Å². The summed E-state index contributed by atoms with van der Waals surface area (Å²) in [5.41, 5.74) is 0. The Balaban J connectivity index is 2.26. The standard InChI is InChI=1S/C12H21N3OS/c1-3-5-6-13-11(16)9-15-10(4-2)12-14-7-8-17-12/h7-8,10,15H,3-6,9H2,1-2H3,(H,13,16). The normalized spacial score (nSPS) is 12.4. The number of rotatable bonds is 8. The molecular weight excluding hydrogens is 234 g/mol. The Morgan fingerprint density at radius 2 is 2.35 bits per heavy atom. The van der Waals surface area contributed by atoms with Gasteiger partial charge in [-0.1, -0.05) is 20.3 Å². The van der Waals surface area contributed by atoms with Crippen LogP contribution in [-0.2, 0) is 4.79 Å². The molecule has 0 aliphatic rings. The highest BCUT2D eigenvalue weighted by atomic mass is 32.1. The van der Waals surface area contributed by atoms with Crippen LogP contribution in [0.5, 0.6) is 0 Å². The van der Waals surface area contributed by atoms with Crippen LogP contribution in [0, 0.1) is 0 Å². The molecule has 1 atom stereocenters. The van der Waals surface area contributed by atoms with Gasteiger partial charge in [-0.15, -0.1) is 11.3 Å². The highest BCUT2D eigenvalue weighted by Gasteiger charge is 2.12. The predicted molar refractivity (Wildman–Crippen MR) is 71.1 cm³/mol. The van der Waals surface area contributed by atoms with Gasteiger partial charge in [0.05, 0.1) is 12.6 Å². The van der Waals surface area contributed by atoms with Crippen molar-refractivity contribution >= 4 is 17.2 Å². The van der Waals surface area contributed by atoms with E-state index in [-0.39, 0.29) is 11.9 Å². The number of hydrogen-bond acceptors (Lipinski definition) is 4. The summed E-state index contributed by atoms with van der Waals surface area (Å²) in [5, 5.41) is 9.13. The lowest BCUT2D eigenvalue weighted by atomic mass is 10.2. The van der Waals surface area contributed by atoms with Crippen LogP contribution in [0.1, 0.15) is 44.2 Å². The molecule has 0 saturated heterocycles. The number of carbonyl (C=O) groups excluding carboxylic acids is 1. The number of nitrogens with zero attached hydrogens (tertiary/aromatic N) is 1. The van der Waals surface area contributed by atoms with Crippen molar-refractivity contribution in [1.82, 2.24) is 15.6 Å². The second kappa shape index (κ2) is 8.20. The molecule has 1 aromatic rings. The minimum atomic E-state index is 0.0634. The lowest BCUT2D eigenvalue weighted by Crippen LogP contribution is -2.36. The summed E-state index contributed by atoms with van der Waals surface area (Å²) >= 11 is 1.62. The highest BCUT2D eigenvalue weighted by molar-refractivity contribution is 7.09. The quantitative estimate of drug-likeness (QED) is 0.699. The van der Waals surface area contributed by atoms with Gasteiger partial charge in [-0.05, 0) is 12.8 Å². The Morgan fingerprint density at radius 3 is 2.94 bits per heavy atom. The van der Waals surface area contributed by atoms with E-state index < -0.39 is 0 Å². The third-order valence-corrected chi connectivity index (χ3v) is 3.41. The molecule has 0 bridgehead atoms. The fourth-order valence-corrected chi connectivity index (χ4v) is 2.29. The molecule has 96 valence electrons. The van der Waals surface area contributed by atoms with Crippen molar-refractivity contribution in [2.45, 2.75) is 39.2 Å². The zero-order valence-corrected chi connectivity index (χ0v) is 11.3. The van der Waals surface area contributed by atoms with E-state index in [4.69, 9.17) is 0 Å². The summed E-state index contributed by atoms with van der Waals surface area (Å²) < 4.78 is 0. The molecule has 5 heteroatoms. The molecule has 4 nitrogen and oxygen atoms in total. The molecule has 0 aromatic carbocycles. The van der Waals surface area contributed by atoms with Crippen LogP contribution in [0.25, 0.3) is 0 Å². The first kappa shape index (κ1) is 14.1. The zero-order valence-electron chi connectivity index (χ0n) is 10.5. The van der Waals surface area contributed by atoms with E-state index in [2.05, 4.69) is 29.5 Å². The maximum atomic E-state index is 11.5. The van der Waals surface area contributed by atoms with Crippen LogP contribution in [0.15, 0.2) is 11.6 Å². The first-order chi connectivity index (χ1) is 8.27. The van der Waals surface area contributed by atoms with Crippen molar-refractivity contribution in [2.75, 3.05) is 13.1 Å². The lowest BCUT2D eigenvalue weighted by molar-refractivity contribution is -0.120. The smallest absolute Gasteiger partial charge is 0.233 e. The summed E-state index contributed by atoms with van der Waals surface area (Å²) in [6, 6.07) is 0.187. The second-order valence-electron chi connectivity index (χ2n) is 3.92. The van der Waals surface area contributed by atoms with Gasteiger partial charge in [-0.2, -0.15) is 0 Å². The minimum absolute atomic E-state index is 0.0634. The van der Waals surface area contributed by atoms with Crippen molar-refractivity contribution in [3.63, 3.8) is 0 Å². The lowest BCUT2D eigenvalue weighted by Gasteiger charge is -2.14. The molecule has 0 saturated carbocycles. The van der Waals surface area contributed by atoms with E-state index in [1.165, 1.54) is 0 Å². The number of amides is 1. The Labute approximate surface area is 107 Å². The zero-order chi connectivity index (χ0) is 12.5. The molecule has 0 fully saturated rings. The molecule has 0 aliphatic heterocycles. The fraction of sp³-hybridized carbons (Fsp3) is 0.667. The van der Waals surface area contributed by atoms with E-state index in [0.717, 1.165) is 30.8 Å². The van der Waals surface area contributed by atoms with Crippen molar-refractivity contribution in [3.8, 4) is 0 Å². The van der Waals surface area contributed by atoms with Gasteiger partial charge in [-0.3, -0.25) is 10.1 Å².